The van der Waals surface area contributed by atoms with Gasteiger partial charge in [0.25, 0.3) is 0 Å². The maximum atomic E-state index is 11.6. The number of rotatable bonds is 5. The standard InChI is InChI=1S/C10H20N2O2/c1-10(2,11)9(13)12-8(6-14-3)7-4-5-7/h7-8H,4-6,11H2,1-3H3,(H,12,13). The summed E-state index contributed by atoms with van der Waals surface area (Å²) < 4.78 is 5.06. The lowest BCUT2D eigenvalue weighted by atomic mass is 10.1. The van der Waals surface area contributed by atoms with Crippen molar-refractivity contribution in [3.05, 3.63) is 0 Å². The fourth-order valence-electron chi connectivity index (χ4n) is 1.33. The first kappa shape index (κ1) is 11.5. The summed E-state index contributed by atoms with van der Waals surface area (Å²) in [6.45, 7) is 3.99. The van der Waals surface area contributed by atoms with Crippen LogP contribution in [0.3, 0.4) is 0 Å². The lowest BCUT2D eigenvalue weighted by Gasteiger charge is -2.23. The minimum atomic E-state index is -0.805. The van der Waals surface area contributed by atoms with E-state index < -0.39 is 5.54 Å². The van der Waals surface area contributed by atoms with Crippen molar-refractivity contribution in [2.75, 3.05) is 13.7 Å². The van der Waals surface area contributed by atoms with Gasteiger partial charge in [-0.3, -0.25) is 4.79 Å². The van der Waals surface area contributed by atoms with Gasteiger partial charge >= 0.3 is 0 Å². The molecule has 1 saturated carbocycles. The van der Waals surface area contributed by atoms with Crippen LogP contribution < -0.4 is 11.1 Å². The Morgan fingerprint density at radius 3 is 2.57 bits per heavy atom. The van der Waals surface area contributed by atoms with Gasteiger partial charge in [0.2, 0.25) is 5.91 Å². The van der Waals surface area contributed by atoms with Gasteiger partial charge in [-0.15, -0.1) is 0 Å². The molecule has 0 saturated heterocycles. The second kappa shape index (κ2) is 4.28. The molecular weight excluding hydrogens is 180 g/mol. The zero-order valence-electron chi connectivity index (χ0n) is 9.17. The first-order chi connectivity index (χ1) is 6.45. The summed E-state index contributed by atoms with van der Waals surface area (Å²) in [4.78, 5) is 11.6. The zero-order valence-corrected chi connectivity index (χ0v) is 9.17. The number of nitrogens with two attached hydrogens (primary N) is 1. The van der Waals surface area contributed by atoms with E-state index in [9.17, 15) is 4.79 Å². The van der Waals surface area contributed by atoms with Crippen LogP contribution in [-0.4, -0.2) is 31.2 Å². The van der Waals surface area contributed by atoms with Crippen LogP contribution in [0.25, 0.3) is 0 Å². The topological polar surface area (TPSA) is 64.3 Å². The van der Waals surface area contributed by atoms with E-state index in [-0.39, 0.29) is 11.9 Å². The monoisotopic (exact) mass is 200 g/mol. The quantitative estimate of drug-likeness (QED) is 0.669. The SMILES string of the molecule is COCC(NC(=O)C(C)(C)N)C1CC1. The van der Waals surface area contributed by atoms with Gasteiger partial charge in [-0.2, -0.15) is 0 Å². The summed E-state index contributed by atoms with van der Waals surface area (Å²) in [6.07, 6.45) is 2.36. The van der Waals surface area contributed by atoms with Crippen molar-refractivity contribution in [2.24, 2.45) is 11.7 Å². The molecule has 0 bridgehead atoms. The molecule has 1 amide bonds. The van der Waals surface area contributed by atoms with Crippen LogP contribution in [0.15, 0.2) is 0 Å². The molecular formula is C10H20N2O2. The highest BCUT2D eigenvalue weighted by Gasteiger charge is 2.34. The minimum Gasteiger partial charge on any atom is -0.383 e. The molecule has 1 atom stereocenters. The Morgan fingerprint density at radius 1 is 1.64 bits per heavy atom. The number of hydrogen-bond acceptors (Lipinski definition) is 3. The third-order valence-corrected chi connectivity index (χ3v) is 2.44. The van der Waals surface area contributed by atoms with E-state index in [4.69, 9.17) is 10.5 Å². The Morgan fingerprint density at radius 2 is 2.21 bits per heavy atom. The number of carbonyl (C=O) groups is 1. The smallest absolute Gasteiger partial charge is 0.239 e. The summed E-state index contributed by atoms with van der Waals surface area (Å²) in [7, 11) is 1.65. The normalized spacial score (nSPS) is 19.1. The van der Waals surface area contributed by atoms with Gasteiger partial charge in [0, 0.05) is 7.11 Å². The van der Waals surface area contributed by atoms with Crippen molar-refractivity contribution >= 4 is 5.91 Å². The highest BCUT2D eigenvalue weighted by molar-refractivity contribution is 5.85. The molecule has 0 aliphatic heterocycles. The number of ether oxygens (including phenoxy) is 1. The van der Waals surface area contributed by atoms with Crippen LogP contribution in [-0.2, 0) is 9.53 Å². The number of hydrogen-bond donors (Lipinski definition) is 2. The molecule has 0 aromatic rings. The Balaban J connectivity index is 2.42. The van der Waals surface area contributed by atoms with Crippen molar-refractivity contribution in [1.29, 1.82) is 0 Å². The number of nitrogens with one attached hydrogen (secondary N) is 1. The van der Waals surface area contributed by atoms with Gasteiger partial charge in [0.1, 0.15) is 0 Å². The second-order valence-corrected chi connectivity index (χ2v) is 4.59. The molecule has 0 aromatic heterocycles. The largest absolute Gasteiger partial charge is 0.383 e. The first-order valence-corrected chi connectivity index (χ1v) is 5.04. The van der Waals surface area contributed by atoms with Crippen molar-refractivity contribution < 1.29 is 9.53 Å². The fourth-order valence-corrected chi connectivity index (χ4v) is 1.33. The van der Waals surface area contributed by atoms with E-state index in [0.29, 0.717) is 12.5 Å². The van der Waals surface area contributed by atoms with E-state index in [1.54, 1.807) is 21.0 Å². The first-order valence-electron chi connectivity index (χ1n) is 5.04. The van der Waals surface area contributed by atoms with Gasteiger partial charge < -0.3 is 15.8 Å². The molecule has 1 unspecified atom stereocenters. The van der Waals surface area contributed by atoms with Gasteiger partial charge in [0.05, 0.1) is 18.2 Å². The Bertz CT molecular complexity index is 207. The highest BCUT2D eigenvalue weighted by atomic mass is 16.5. The summed E-state index contributed by atoms with van der Waals surface area (Å²) in [5.41, 5.74) is 4.89. The predicted molar refractivity (Wildman–Crippen MR) is 54.8 cm³/mol. The molecule has 14 heavy (non-hydrogen) atoms. The van der Waals surface area contributed by atoms with E-state index >= 15 is 0 Å². The number of methoxy groups -OCH3 is 1. The van der Waals surface area contributed by atoms with Crippen molar-refractivity contribution in [3.63, 3.8) is 0 Å². The summed E-state index contributed by atoms with van der Waals surface area (Å²) in [5.74, 6) is 0.479. The van der Waals surface area contributed by atoms with Crippen LogP contribution in [0.2, 0.25) is 0 Å². The van der Waals surface area contributed by atoms with Gasteiger partial charge in [0.15, 0.2) is 0 Å². The molecule has 0 heterocycles. The molecule has 4 heteroatoms. The lowest BCUT2D eigenvalue weighted by molar-refractivity contribution is -0.126. The third kappa shape index (κ3) is 3.27. The zero-order chi connectivity index (χ0) is 10.8. The third-order valence-electron chi connectivity index (χ3n) is 2.44. The number of amides is 1. The molecule has 82 valence electrons. The van der Waals surface area contributed by atoms with Crippen LogP contribution in [0.1, 0.15) is 26.7 Å². The second-order valence-electron chi connectivity index (χ2n) is 4.59. The average molecular weight is 200 g/mol. The Kier molecular flexibility index (Phi) is 3.50. The predicted octanol–water partition coefficient (Wildman–Crippen LogP) is 0.265. The molecule has 1 fully saturated rings. The maximum Gasteiger partial charge on any atom is 0.239 e. The van der Waals surface area contributed by atoms with Crippen molar-refractivity contribution in [1.82, 2.24) is 5.32 Å². The molecule has 0 radical (unpaired) electrons. The molecule has 0 aromatic carbocycles. The summed E-state index contributed by atoms with van der Waals surface area (Å²) >= 11 is 0. The maximum absolute atomic E-state index is 11.6. The van der Waals surface area contributed by atoms with Crippen LogP contribution in [0.5, 0.6) is 0 Å². The molecule has 4 nitrogen and oxygen atoms in total. The molecule has 0 spiro atoms. The van der Waals surface area contributed by atoms with Gasteiger partial charge in [-0.05, 0) is 32.6 Å². The summed E-state index contributed by atoms with van der Waals surface area (Å²) in [6, 6.07) is 0.135. The Labute approximate surface area is 85.2 Å². The van der Waals surface area contributed by atoms with E-state index in [1.807, 2.05) is 0 Å². The molecule has 3 N–H and O–H groups in total. The van der Waals surface area contributed by atoms with Crippen LogP contribution in [0, 0.1) is 5.92 Å². The molecule has 1 aliphatic rings. The van der Waals surface area contributed by atoms with E-state index in [1.165, 1.54) is 12.8 Å². The lowest BCUT2D eigenvalue weighted by Crippen LogP contribution is -2.53. The van der Waals surface area contributed by atoms with Gasteiger partial charge in [-0.1, -0.05) is 0 Å². The van der Waals surface area contributed by atoms with E-state index in [2.05, 4.69) is 5.32 Å². The average Bonchev–Trinajstić information content (AvgIpc) is 2.83. The minimum absolute atomic E-state index is 0.105. The molecule has 1 rings (SSSR count). The molecule has 1 aliphatic carbocycles. The van der Waals surface area contributed by atoms with Crippen LogP contribution in [0.4, 0.5) is 0 Å². The highest BCUT2D eigenvalue weighted by Crippen LogP contribution is 2.32. The van der Waals surface area contributed by atoms with Crippen molar-refractivity contribution in [2.45, 2.75) is 38.3 Å². The van der Waals surface area contributed by atoms with Crippen LogP contribution >= 0.6 is 0 Å². The summed E-state index contributed by atoms with van der Waals surface area (Å²) in [5, 5.41) is 2.93. The fraction of sp³-hybridized carbons (Fsp3) is 0.900. The Hall–Kier alpha value is -0.610. The number of carbonyl (C=O) groups excluding carboxylic acids is 1. The van der Waals surface area contributed by atoms with Gasteiger partial charge in [-0.25, -0.2) is 0 Å². The van der Waals surface area contributed by atoms with Crippen molar-refractivity contribution in [3.8, 4) is 0 Å². The van der Waals surface area contributed by atoms with E-state index in [0.717, 1.165) is 0 Å².